The maximum Gasteiger partial charge on any atom is 0.355 e. The third-order valence-electron chi connectivity index (χ3n) is 4.23. The summed E-state index contributed by atoms with van der Waals surface area (Å²) in [6, 6.07) is 15.3. The van der Waals surface area contributed by atoms with E-state index in [-0.39, 0.29) is 11.6 Å². The number of carboxylic acid groups (broad SMARTS) is 1. The van der Waals surface area contributed by atoms with Gasteiger partial charge >= 0.3 is 5.97 Å². The topological polar surface area (TPSA) is 97.1 Å². The molecule has 0 aliphatic heterocycles. The first-order chi connectivity index (χ1) is 13.6. The van der Waals surface area contributed by atoms with E-state index in [0.717, 1.165) is 22.2 Å². The zero-order chi connectivity index (χ0) is 19.7. The summed E-state index contributed by atoms with van der Waals surface area (Å²) in [7, 11) is 0. The first-order valence-corrected chi connectivity index (χ1v) is 9.52. The minimum atomic E-state index is -1.09. The molecule has 2 heterocycles. The molecule has 0 unspecified atom stereocenters. The number of amides is 1. The van der Waals surface area contributed by atoms with E-state index in [1.165, 1.54) is 16.7 Å². The SMILES string of the molecule is CCC(=O)Nc1ccc2c(-c3ccccc3)nn(-c3nc(C(=O)O)cs3)c2c1. The van der Waals surface area contributed by atoms with Gasteiger partial charge in [0.25, 0.3) is 0 Å². The number of carboxylic acids is 1. The maximum absolute atomic E-state index is 11.8. The smallest absolute Gasteiger partial charge is 0.355 e. The monoisotopic (exact) mass is 392 g/mol. The summed E-state index contributed by atoms with van der Waals surface area (Å²) in [6.45, 7) is 1.79. The Morgan fingerprint density at radius 3 is 2.64 bits per heavy atom. The van der Waals surface area contributed by atoms with Crippen LogP contribution in [0.3, 0.4) is 0 Å². The summed E-state index contributed by atoms with van der Waals surface area (Å²) in [5.74, 6) is -1.17. The first-order valence-electron chi connectivity index (χ1n) is 8.64. The second-order valence-corrected chi connectivity index (χ2v) is 6.92. The molecule has 0 fully saturated rings. The van der Waals surface area contributed by atoms with Crippen LogP contribution >= 0.6 is 11.3 Å². The van der Waals surface area contributed by atoms with Gasteiger partial charge in [-0.25, -0.2) is 14.5 Å². The van der Waals surface area contributed by atoms with Crippen molar-refractivity contribution in [1.29, 1.82) is 0 Å². The molecule has 8 heteroatoms. The standard InChI is InChI=1S/C20H16N4O3S/c1-2-17(25)21-13-8-9-14-16(10-13)24(20-22-15(11-28-20)19(26)27)23-18(14)12-6-4-3-5-7-12/h3-11H,2H2,1H3,(H,21,25)(H,26,27). The largest absolute Gasteiger partial charge is 0.476 e. The molecule has 0 atom stereocenters. The predicted molar refractivity (Wildman–Crippen MR) is 108 cm³/mol. The highest BCUT2D eigenvalue weighted by molar-refractivity contribution is 7.12. The molecular formula is C20H16N4O3S. The Hall–Kier alpha value is -3.52. The number of carbonyl (C=O) groups excluding carboxylic acids is 1. The van der Waals surface area contributed by atoms with Gasteiger partial charge in [0, 0.05) is 28.4 Å². The van der Waals surface area contributed by atoms with Gasteiger partial charge < -0.3 is 10.4 Å². The average molecular weight is 392 g/mol. The summed E-state index contributed by atoms with van der Waals surface area (Å²) in [5, 5.41) is 19.5. The summed E-state index contributed by atoms with van der Waals surface area (Å²) >= 11 is 1.20. The minimum absolute atomic E-state index is 0.0275. The lowest BCUT2D eigenvalue weighted by molar-refractivity contribution is -0.115. The van der Waals surface area contributed by atoms with Crippen LogP contribution in [0.5, 0.6) is 0 Å². The normalized spacial score (nSPS) is 10.9. The van der Waals surface area contributed by atoms with Crippen LogP contribution in [-0.2, 0) is 4.79 Å². The molecule has 2 aromatic carbocycles. The molecule has 0 aliphatic carbocycles. The Morgan fingerprint density at radius 2 is 1.96 bits per heavy atom. The number of thiazole rings is 1. The van der Waals surface area contributed by atoms with E-state index in [1.54, 1.807) is 11.6 Å². The van der Waals surface area contributed by atoms with E-state index in [4.69, 9.17) is 5.10 Å². The van der Waals surface area contributed by atoms with E-state index in [2.05, 4.69) is 10.3 Å². The van der Waals surface area contributed by atoms with Crippen LogP contribution < -0.4 is 5.32 Å². The molecule has 0 radical (unpaired) electrons. The van der Waals surface area contributed by atoms with E-state index in [1.807, 2.05) is 48.5 Å². The number of nitrogens with one attached hydrogen (secondary N) is 1. The molecular weight excluding hydrogens is 376 g/mol. The van der Waals surface area contributed by atoms with Crippen molar-refractivity contribution in [1.82, 2.24) is 14.8 Å². The highest BCUT2D eigenvalue weighted by Gasteiger charge is 2.18. The number of hydrogen-bond donors (Lipinski definition) is 2. The van der Waals surface area contributed by atoms with E-state index < -0.39 is 5.97 Å². The van der Waals surface area contributed by atoms with Gasteiger partial charge in [0.2, 0.25) is 11.0 Å². The fraction of sp³-hybridized carbons (Fsp3) is 0.100. The number of anilines is 1. The van der Waals surface area contributed by atoms with Gasteiger partial charge in [0.05, 0.1) is 5.52 Å². The molecule has 2 N–H and O–H groups in total. The highest BCUT2D eigenvalue weighted by Crippen LogP contribution is 2.32. The quantitative estimate of drug-likeness (QED) is 0.531. The predicted octanol–water partition coefficient (Wildman–Crippen LogP) is 4.20. The minimum Gasteiger partial charge on any atom is -0.476 e. The third-order valence-corrected chi connectivity index (χ3v) is 5.04. The van der Waals surface area contributed by atoms with Crippen LogP contribution in [0.4, 0.5) is 5.69 Å². The molecule has 0 bridgehead atoms. The van der Waals surface area contributed by atoms with E-state index in [0.29, 0.717) is 17.2 Å². The molecule has 2 aromatic heterocycles. The lowest BCUT2D eigenvalue weighted by atomic mass is 10.1. The zero-order valence-corrected chi connectivity index (χ0v) is 15.7. The summed E-state index contributed by atoms with van der Waals surface area (Å²) in [5.41, 5.74) is 3.05. The van der Waals surface area contributed by atoms with Crippen molar-refractivity contribution in [2.75, 3.05) is 5.32 Å². The van der Waals surface area contributed by atoms with Crippen molar-refractivity contribution < 1.29 is 14.7 Å². The van der Waals surface area contributed by atoms with Crippen LogP contribution in [0.15, 0.2) is 53.9 Å². The second-order valence-electron chi connectivity index (χ2n) is 6.08. The van der Waals surface area contributed by atoms with Gasteiger partial charge in [-0.2, -0.15) is 5.10 Å². The van der Waals surface area contributed by atoms with Crippen LogP contribution in [-0.4, -0.2) is 31.7 Å². The van der Waals surface area contributed by atoms with Crippen molar-refractivity contribution in [2.45, 2.75) is 13.3 Å². The molecule has 4 rings (SSSR count). The van der Waals surface area contributed by atoms with Gasteiger partial charge in [0.1, 0.15) is 5.69 Å². The van der Waals surface area contributed by atoms with Crippen LogP contribution in [0.2, 0.25) is 0 Å². The molecule has 140 valence electrons. The molecule has 0 saturated heterocycles. The molecule has 0 aliphatic rings. The average Bonchev–Trinajstić information content (AvgIpc) is 3.33. The number of aromatic carboxylic acids is 1. The summed E-state index contributed by atoms with van der Waals surface area (Å²) in [4.78, 5) is 27.2. The lowest BCUT2D eigenvalue weighted by Gasteiger charge is -2.05. The first kappa shape index (κ1) is 17.9. The molecule has 0 spiro atoms. The van der Waals surface area contributed by atoms with Crippen molar-refractivity contribution in [3.05, 3.63) is 59.6 Å². The second kappa shape index (κ2) is 7.24. The van der Waals surface area contributed by atoms with Gasteiger partial charge in [-0.3, -0.25) is 4.79 Å². The molecule has 4 aromatic rings. The molecule has 28 heavy (non-hydrogen) atoms. The van der Waals surface area contributed by atoms with Gasteiger partial charge in [-0.05, 0) is 18.2 Å². The van der Waals surface area contributed by atoms with Crippen LogP contribution in [0, 0.1) is 0 Å². The summed E-state index contributed by atoms with van der Waals surface area (Å²) in [6.07, 6.45) is 0.376. The fourth-order valence-corrected chi connectivity index (χ4v) is 3.62. The summed E-state index contributed by atoms with van der Waals surface area (Å²) < 4.78 is 1.62. The number of aromatic nitrogens is 3. The van der Waals surface area contributed by atoms with Gasteiger partial charge in [0.15, 0.2) is 5.69 Å². The number of fused-ring (bicyclic) bond motifs is 1. The highest BCUT2D eigenvalue weighted by atomic mass is 32.1. The van der Waals surface area contributed by atoms with Crippen LogP contribution in [0.25, 0.3) is 27.3 Å². The lowest BCUT2D eigenvalue weighted by Crippen LogP contribution is -2.09. The van der Waals surface area contributed by atoms with Crippen molar-refractivity contribution in [3.63, 3.8) is 0 Å². The van der Waals surface area contributed by atoms with Crippen molar-refractivity contribution in [2.24, 2.45) is 0 Å². The van der Waals surface area contributed by atoms with Crippen LogP contribution in [0.1, 0.15) is 23.8 Å². The maximum atomic E-state index is 11.8. The zero-order valence-electron chi connectivity index (χ0n) is 14.9. The fourth-order valence-electron chi connectivity index (χ4n) is 2.86. The van der Waals surface area contributed by atoms with Crippen molar-refractivity contribution >= 4 is 39.8 Å². The Bertz CT molecular complexity index is 1180. The van der Waals surface area contributed by atoms with Gasteiger partial charge in [-0.15, -0.1) is 11.3 Å². The van der Waals surface area contributed by atoms with Gasteiger partial charge in [-0.1, -0.05) is 37.3 Å². The molecule has 0 saturated carbocycles. The third kappa shape index (κ3) is 3.25. The Labute approximate surface area is 164 Å². The van der Waals surface area contributed by atoms with E-state index >= 15 is 0 Å². The Morgan fingerprint density at radius 1 is 1.18 bits per heavy atom. The Kier molecular flexibility index (Phi) is 4.62. The molecule has 1 amide bonds. The molecule has 7 nitrogen and oxygen atoms in total. The number of nitrogens with zero attached hydrogens (tertiary/aromatic N) is 3. The Balaban J connectivity index is 1.91. The number of benzene rings is 2. The number of hydrogen-bond acceptors (Lipinski definition) is 5. The van der Waals surface area contributed by atoms with Crippen molar-refractivity contribution in [3.8, 4) is 16.4 Å². The van der Waals surface area contributed by atoms with E-state index in [9.17, 15) is 14.7 Å². The number of carbonyl (C=O) groups is 2. The number of rotatable bonds is 5.